The van der Waals surface area contributed by atoms with Crippen molar-refractivity contribution in [2.24, 2.45) is 0 Å². The summed E-state index contributed by atoms with van der Waals surface area (Å²) in [5, 5.41) is 9.37. The number of anilines is 1. The number of piperazine rings is 1. The van der Waals surface area contributed by atoms with E-state index in [0.29, 0.717) is 36.5 Å². The van der Waals surface area contributed by atoms with Gasteiger partial charge in [-0.1, -0.05) is 29.8 Å². The fourth-order valence-corrected chi connectivity index (χ4v) is 9.84. The van der Waals surface area contributed by atoms with Gasteiger partial charge in [0.1, 0.15) is 11.9 Å². The first kappa shape index (κ1) is 35.5. The first-order valence-electron chi connectivity index (χ1n) is 15.6. The third-order valence-corrected chi connectivity index (χ3v) is 13.2. The van der Waals surface area contributed by atoms with E-state index in [4.69, 9.17) is 16.3 Å². The van der Waals surface area contributed by atoms with Crippen molar-refractivity contribution >= 4 is 49.3 Å². The minimum atomic E-state index is -3.52. The molecule has 2 bridgehead atoms. The van der Waals surface area contributed by atoms with Crippen molar-refractivity contribution in [3.63, 3.8) is 0 Å². The molecule has 3 fully saturated rings. The van der Waals surface area contributed by atoms with Gasteiger partial charge in [-0.25, -0.2) is 30.3 Å². The number of ether oxygens (including phenoxy) is 1. The third-order valence-electron chi connectivity index (χ3n) is 9.63. The average molecular weight is 714 g/mol. The van der Waals surface area contributed by atoms with Gasteiger partial charge in [0.15, 0.2) is 0 Å². The maximum atomic E-state index is 15.4. The number of fused-ring (bicyclic) bond motifs is 2. The zero-order valence-corrected chi connectivity index (χ0v) is 28.8. The Hall–Kier alpha value is -2.82. The smallest absolute Gasteiger partial charge is 0.407 e. The molecular weight excluding hydrogens is 673 g/mol. The number of sulfonamides is 2. The number of nitrogens with zero attached hydrogens (tertiary/aromatic N) is 2. The van der Waals surface area contributed by atoms with Crippen molar-refractivity contribution < 1.29 is 35.6 Å². The van der Waals surface area contributed by atoms with Gasteiger partial charge in [-0.15, -0.1) is 0 Å². The zero-order valence-electron chi connectivity index (χ0n) is 26.4. The van der Waals surface area contributed by atoms with E-state index < -0.39 is 49.3 Å². The van der Waals surface area contributed by atoms with Crippen LogP contribution in [-0.4, -0.2) is 101 Å². The standard InChI is InChI=1S/C31H41ClFN5O7S2/c1-45-30(40)36-28(31(21-8-10-22(32)11-9-21)14-16-37(17-15-31)46(2,41)42)29(39)35-27-7-3-6-26(33)25(27)13-12-24-19-34-23-5-4-18-47(43,44)38(24)20-23/h3,6-11,23-24,28,34H,4-5,12-20H2,1-2H3,(H,35,39)(H,36,40)/t23-,24+,28-/m1/s1. The van der Waals surface area contributed by atoms with Crippen LogP contribution < -0.4 is 16.0 Å². The number of amides is 2. The summed E-state index contributed by atoms with van der Waals surface area (Å²) in [5.74, 6) is -1.13. The van der Waals surface area contributed by atoms with Gasteiger partial charge in [0.25, 0.3) is 0 Å². The first-order chi connectivity index (χ1) is 22.2. The molecule has 2 aromatic carbocycles. The van der Waals surface area contributed by atoms with Gasteiger partial charge in [-0.05, 0) is 68.4 Å². The summed E-state index contributed by atoms with van der Waals surface area (Å²) < 4.78 is 73.8. The minimum Gasteiger partial charge on any atom is -0.453 e. The van der Waals surface area contributed by atoms with Crippen LogP contribution in [0.15, 0.2) is 42.5 Å². The number of alkyl carbamates (subject to hydrolysis) is 1. The fourth-order valence-electron chi connectivity index (χ4n) is 7.06. The predicted molar refractivity (Wildman–Crippen MR) is 177 cm³/mol. The number of methoxy groups -OCH3 is 1. The molecule has 0 aromatic heterocycles. The molecule has 3 heterocycles. The summed E-state index contributed by atoms with van der Waals surface area (Å²) in [5.41, 5.74) is -0.0256. The summed E-state index contributed by atoms with van der Waals surface area (Å²) in [6.07, 6.45) is 2.43. The highest BCUT2D eigenvalue weighted by molar-refractivity contribution is 7.89. The van der Waals surface area contributed by atoms with Gasteiger partial charge in [-0.2, -0.15) is 4.31 Å². The van der Waals surface area contributed by atoms with E-state index in [0.717, 1.165) is 12.7 Å². The molecule has 4 atom stereocenters. The monoisotopic (exact) mass is 713 g/mol. The van der Waals surface area contributed by atoms with Crippen molar-refractivity contribution in [3.8, 4) is 0 Å². The Balaban J connectivity index is 1.44. The SMILES string of the molecule is COC(=O)N[C@H](C(=O)Nc1cccc(F)c1CC[C@H]1CN[C@@H]2CCCS(=O)(=O)N1C2)C1(c2ccc(Cl)cc2)CCN(S(C)(=O)=O)CC1. The average Bonchev–Trinajstić information content (AvgIpc) is 3.14. The second-order valence-electron chi connectivity index (χ2n) is 12.5. The van der Waals surface area contributed by atoms with Crippen LogP contribution in [-0.2, 0) is 41.4 Å². The normalized spacial score (nSPS) is 24.8. The molecule has 3 aliphatic rings. The van der Waals surface area contributed by atoms with E-state index in [1.807, 2.05) is 0 Å². The predicted octanol–water partition coefficient (Wildman–Crippen LogP) is 2.83. The molecule has 258 valence electrons. The molecule has 12 nitrogen and oxygen atoms in total. The molecule has 3 saturated heterocycles. The maximum Gasteiger partial charge on any atom is 0.407 e. The van der Waals surface area contributed by atoms with Crippen molar-refractivity contribution in [2.75, 3.05) is 50.6 Å². The second-order valence-corrected chi connectivity index (χ2v) is 16.9. The Labute approximate surface area is 280 Å². The van der Waals surface area contributed by atoms with E-state index in [1.54, 1.807) is 30.3 Å². The molecule has 1 unspecified atom stereocenters. The number of benzene rings is 2. The number of hydrogen-bond acceptors (Lipinski definition) is 8. The highest BCUT2D eigenvalue weighted by atomic mass is 35.5. The molecule has 0 radical (unpaired) electrons. The van der Waals surface area contributed by atoms with Crippen LogP contribution in [0.3, 0.4) is 0 Å². The molecule has 2 amide bonds. The van der Waals surface area contributed by atoms with Gasteiger partial charge in [0.05, 0.1) is 19.1 Å². The van der Waals surface area contributed by atoms with Crippen LogP contribution in [0.25, 0.3) is 0 Å². The lowest BCUT2D eigenvalue weighted by Crippen LogP contribution is -2.60. The Morgan fingerprint density at radius 2 is 1.87 bits per heavy atom. The largest absolute Gasteiger partial charge is 0.453 e. The molecule has 3 N–H and O–H groups in total. The van der Waals surface area contributed by atoms with Crippen molar-refractivity contribution in [3.05, 3.63) is 64.4 Å². The van der Waals surface area contributed by atoms with Crippen LogP contribution in [0.4, 0.5) is 14.9 Å². The number of nitrogens with one attached hydrogen (secondary N) is 3. The van der Waals surface area contributed by atoms with Gasteiger partial charge in [-0.3, -0.25) is 4.79 Å². The van der Waals surface area contributed by atoms with E-state index >= 15 is 4.39 Å². The lowest BCUT2D eigenvalue weighted by molar-refractivity contribution is -0.120. The van der Waals surface area contributed by atoms with Crippen LogP contribution in [0.2, 0.25) is 5.02 Å². The topological polar surface area (TPSA) is 154 Å². The molecule has 2 aromatic rings. The van der Waals surface area contributed by atoms with E-state index in [9.17, 15) is 26.4 Å². The summed E-state index contributed by atoms with van der Waals surface area (Å²) >= 11 is 6.17. The first-order valence-corrected chi connectivity index (χ1v) is 19.4. The molecule has 0 spiro atoms. The minimum absolute atomic E-state index is 0.0780. The number of piperidine rings is 1. The van der Waals surface area contributed by atoms with Crippen LogP contribution in [0, 0.1) is 5.82 Å². The van der Waals surface area contributed by atoms with Crippen molar-refractivity contribution in [1.29, 1.82) is 0 Å². The van der Waals surface area contributed by atoms with Gasteiger partial charge >= 0.3 is 6.09 Å². The fraction of sp³-hybridized carbons (Fsp3) is 0.548. The Bertz CT molecular complexity index is 1690. The number of rotatable bonds is 9. The van der Waals surface area contributed by atoms with Gasteiger partial charge in [0.2, 0.25) is 26.0 Å². The van der Waals surface area contributed by atoms with E-state index in [-0.39, 0.29) is 61.4 Å². The lowest BCUT2D eigenvalue weighted by atomic mass is 9.67. The summed E-state index contributed by atoms with van der Waals surface area (Å²) in [6.45, 7) is 1.00. The van der Waals surface area contributed by atoms with Crippen LogP contribution in [0.5, 0.6) is 0 Å². The molecule has 3 aliphatic heterocycles. The number of halogens is 2. The van der Waals surface area contributed by atoms with Crippen molar-refractivity contribution in [2.45, 2.75) is 62.1 Å². The highest BCUT2D eigenvalue weighted by Crippen LogP contribution is 2.41. The number of carbonyl (C=O) groups is 2. The van der Waals surface area contributed by atoms with Crippen LogP contribution >= 0.6 is 11.6 Å². The summed E-state index contributed by atoms with van der Waals surface area (Å²) in [4.78, 5) is 26.9. The summed E-state index contributed by atoms with van der Waals surface area (Å²) in [6, 6.07) is 9.56. The lowest BCUT2D eigenvalue weighted by Gasteiger charge is -2.45. The quantitative estimate of drug-likeness (QED) is 0.359. The number of hydrogen-bond donors (Lipinski definition) is 3. The second kappa shape index (κ2) is 14.3. The van der Waals surface area contributed by atoms with Gasteiger partial charge in [0, 0.05) is 60.0 Å². The highest BCUT2D eigenvalue weighted by Gasteiger charge is 2.49. The third kappa shape index (κ3) is 7.92. The Morgan fingerprint density at radius 3 is 2.53 bits per heavy atom. The molecule has 47 heavy (non-hydrogen) atoms. The Kier molecular flexibility index (Phi) is 10.8. The molecule has 0 aliphatic carbocycles. The maximum absolute atomic E-state index is 15.4. The molecule has 5 rings (SSSR count). The molecule has 0 saturated carbocycles. The van der Waals surface area contributed by atoms with Gasteiger partial charge < -0.3 is 20.7 Å². The number of carbonyl (C=O) groups excluding carboxylic acids is 2. The van der Waals surface area contributed by atoms with Crippen LogP contribution in [0.1, 0.15) is 43.2 Å². The molecular formula is C31H41ClFN5O7S2. The van der Waals surface area contributed by atoms with Crippen molar-refractivity contribution in [1.82, 2.24) is 19.2 Å². The van der Waals surface area contributed by atoms with E-state index in [1.165, 1.54) is 27.9 Å². The Morgan fingerprint density at radius 1 is 1.17 bits per heavy atom. The summed E-state index contributed by atoms with van der Waals surface area (Å²) in [7, 11) is -5.79. The zero-order chi connectivity index (χ0) is 34.0. The van der Waals surface area contributed by atoms with E-state index in [2.05, 4.69) is 16.0 Å². The molecule has 16 heteroatoms.